The number of halogens is 1. The van der Waals surface area contributed by atoms with Crippen molar-refractivity contribution in [1.82, 2.24) is 0 Å². The van der Waals surface area contributed by atoms with Crippen LogP contribution in [0.2, 0.25) is 0 Å². The molecule has 0 aliphatic rings. The Kier molecular flexibility index (Phi) is 11.8. The van der Waals surface area contributed by atoms with Gasteiger partial charge in [-0.15, -0.1) is 24.0 Å². The van der Waals surface area contributed by atoms with Gasteiger partial charge in [-0.05, 0) is 41.7 Å². The fourth-order valence-corrected chi connectivity index (χ4v) is 2.61. The third kappa shape index (κ3) is 9.03. The molecule has 0 heterocycles. The van der Waals surface area contributed by atoms with Crippen LogP contribution in [0.15, 0.2) is 53.5 Å². The average molecular weight is 497 g/mol. The van der Waals surface area contributed by atoms with Gasteiger partial charge in [-0.1, -0.05) is 50.2 Å². The predicted octanol–water partition coefficient (Wildman–Crippen LogP) is 4.91. The number of ether oxygens (including phenoxy) is 2. The summed E-state index contributed by atoms with van der Waals surface area (Å²) in [7, 11) is 0. The zero-order chi connectivity index (χ0) is 19.5. The second-order valence-corrected chi connectivity index (χ2v) is 6.68. The lowest BCUT2D eigenvalue weighted by Gasteiger charge is -2.10. The molecule has 0 atom stereocenters. The van der Waals surface area contributed by atoms with Gasteiger partial charge in [0, 0.05) is 12.3 Å². The quantitative estimate of drug-likeness (QED) is 0.212. The maximum Gasteiger partial charge on any atom is 0.193 e. The number of nitrogens with two attached hydrogens (primary N) is 1. The minimum atomic E-state index is 0. The van der Waals surface area contributed by atoms with Crippen molar-refractivity contribution in [2.24, 2.45) is 10.7 Å². The summed E-state index contributed by atoms with van der Waals surface area (Å²) >= 11 is 0. The molecule has 2 aromatic carbocycles. The van der Waals surface area contributed by atoms with E-state index in [4.69, 9.17) is 15.2 Å². The minimum absolute atomic E-state index is 0. The highest BCUT2D eigenvalue weighted by Crippen LogP contribution is 2.18. The van der Waals surface area contributed by atoms with Crippen molar-refractivity contribution in [2.75, 3.05) is 25.1 Å². The number of guanidine groups is 1. The Balaban J connectivity index is 0.00000392. The molecule has 0 aliphatic heterocycles. The van der Waals surface area contributed by atoms with Crippen LogP contribution in [0.1, 0.15) is 43.4 Å². The molecule has 154 valence electrons. The molecule has 5 nitrogen and oxygen atoms in total. The molecule has 3 N–H and O–H groups in total. The number of hydrogen-bond donors (Lipinski definition) is 2. The van der Waals surface area contributed by atoms with Gasteiger partial charge in [0.15, 0.2) is 5.96 Å². The number of anilines is 1. The van der Waals surface area contributed by atoms with E-state index in [1.54, 1.807) is 0 Å². The fourth-order valence-electron chi connectivity index (χ4n) is 2.61. The summed E-state index contributed by atoms with van der Waals surface area (Å²) in [5, 5.41) is 3.17. The number of benzene rings is 2. The highest BCUT2D eigenvalue weighted by Gasteiger charge is 2.02. The van der Waals surface area contributed by atoms with Gasteiger partial charge in [0.25, 0.3) is 0 Å². The summed E-state index contributed by atoms with van der Waals surface area (Å²) in [5.74, 6) is 0.887. The standard InChI is InChI=1S/C22H31N3O2.HI/c1-4-26-11-12-27-16-19-8-5-7-18(13-19)15-24-22(23)25-21-10-6-9-20(14-21)17(2)3;/h5-10,13-14,17H,4,11-12,15-16H2,1-3H3,(H3,23,24,25);1H. The van der Waals surface area contributed by atoms with Crippen molar-refractivity contribution in [3.05, 3.63) is 65.2 Å². The lowest BCUT2D eigenvalue weighted by atomic mass is 10.0. The van der Waals surface area contributed by atoms with E-state index in [-0.39, 0.29) is 24.0 Å². The smallest absolute Gasteiger partial charge is 0.193 e. The fraction of sp³-hybridized carbons (Fsp3) is 0.409. The van der Waals surface area contributed by atoms with Crippen LogP contribution >= 0.6 is 24.0 Å². The molecule has 0 amide bonds. The number of nitrogens with zero attached hydrogens (tertiary/aromatic N) is 1. The topological polar surface area (TPSA) is 68.9 Å². The van der Waals surface area contributed by atoms with Crippen molar-refractivity contribution >= 4 is 35.6 Å². The SMILES string of the molecule is CCOCCOCc1cccc(CN=C(N)Nc2cccc(C(C)C)c2)c1.I. The first-order valence-electron chi connectivity index (χ1n) is 9.48. The average Bonchev–Trinajstić information content (AvgIpc) is 2.67. The van der Waals surface area contributed by atoms with Crippen LogP contribution in [0.3, 0.4) is 0 Å². The molecule has 0 bridgehead atoms. The summed E-state index contributed by atoms with van der Waals surface area (Å²) in [6.07, 6.45) is 0. The van der Waals surface area contributed by atoms with Crippen molar-refractivity contribution in [3.63, 3.8) is 0 Å². The molecule has 0 aliphatic carbocycles. The largest absolute Gasteiger partial charge is 0.379 e. The van der Waals surface area contributed by atoms with Gasteiger partial charge < -0.3 is 20.5 Å². The van der Waals surface area contributed by atoms with Gasteiger partial charge in [-0.2, -0.15) is 0 Å². The molecule has 0 spiro atoms. The van der Waals surface area contributed by atoms with Crippen LogP contribution in [0.5, 0.6) is 0 Å². The van der Waals surface area contributed by atoms with Crippen LogP contribution in [-0.4, -0.2) is 25.8 Å². The van der Waals surface area contributed by atoms with Gasteiger partial charge in [-0.3, -0.25) is 0 Å². The van der Waals surface area contributed by atoms with Crippen LogP contribution in [0.25, 0.3) is 0 Å². The summed E-state index contributed by atoms with van der Waals surface area (Å²) in [4.78, 5) is 4.45. The normalized spacial score (nSPS) is 11.4. The number of rotatable bonds is 10. The van der Waals surface area contributed by atoms with Gasteiger partial charge in [-0.25, -0.2) is 4.99 Å². The monoisotopic (exact) mass is 497 g/mol. The second-order valence-electron chi connectivity index (χ2n) is 6.68. The van der Waals surface area contributed by atoms with Gasteiger partial charge in [0.1, 0.15) is 0 Å². The Morgan fingerprint density at radius 1 is 1.04 bits per heavy atom. The van der Waals surface area contributed by atoms with Gasteiger partial charge >= 0.3 is 0 Å². The van der Waals surface area contributed by atoms with Crippen LogP contribution in [0, 0.1) is 0 Å². The predicted molar refractivity (Wildman–Crippen MR) is 127 cm³/mol. The maximum absolute atomic E-state index is 6.04. The first-order chi connectivity index (χ1) is 13.1. The molecule has 0 unspecified atom stereocenters. The molecule has 2 rings (SSSR count). The van der Waals surface area contributed by atoms with Crippen molar-refractivity contribution < 1.29 is 9.47 Å². The Hall–Kier alpha value is -1.64. The lowest BCUT2D eigenvalue weighted by molar-refractivity contribution is 0.0453. The summed E-state index contributed by atoms with van der Waals surface area (Å²) in [6.45, 7) is 9.35. The van der Waals surface area contributed by atoms with E-state index >= 15 is 0 Å². The van der Waals surface area contributed by atoms with Crippen molar-refractivity contribution in [1.29, 1.82) is 0 Å². The molecule has 0 radical (unpaired) electrons. The zero-order valence-electron chi connectivity index (χ0n) is 17.0. The minimum Gasteiger partial charge on any atom is -0.379 e. The molecule has 6 heteroatoms. The lowest BCUT2D eigenvalue weighted by Crippen LogP contribution is -2.22. The van der Waals surface area contributed by atoms with Crippen molar-refractivity contribution in [2.45, 2.75) is 39.8 Å². The van der Waals surface area contributed by atoms with E-state index in [1.807, 2.05) is 37.3 Å². The highest BCUT2D eigenvalue weighted by molar-refractivity contribution is 14.0. The Labute approximate surface area is 185 Å². The molecule has 0 aromatic heterocycles. The van der Waals surface area contributed by atoms with Gasteiger partial charge in [0.05, 0.1) is 26.4 Å². The van der Waals surface area contributed by atoms with E-state index < -0.39 is 0 Å². The number of aliphatic imine (C=N–C) groups is 1. The van der Waals surface area contributed by atoms with E-state index in [9.17, 15) is 0 Å². The Bertz CT molecular complexity index is 735. The first-order valence-corrected chi connectivity index (χ1v) is 9.48. The van der Waals surface area contributed by atoms with Crippen LogP contribution in [-0.2, 0) is 22.6 Å². The maximum atomic E-state index is 6.04. The summed E-state index contributed by atoms with van der Waals surface area (Å²) in [5.41, 5.74) is 10.5. The van der Waals surface area contributed by atoms with E-state index in [2.05, 4.69) is 42.4 Å². The Morgan fingerprint density at radius 2 is 1.75 bits per heavy atom. The van der Waals surface area contributed by atoms with Crippen LogP contribution in [0.4, 0.5) is 5.69 Å². The van der Waals surface area contributed by atoms with Crippen molar-refractivity contribution in [3.8, 4) is 0 Å². The second kappa shape index (κ2) is 13.5. The number of nitrogens with one attached hydrogen (secondary N) is 1. The third-order valence-electron chi connectivity index (χ3n) is 4.09. The molecule has 28 heavy (non-hydrogen) atoms. The zero-order valence-corrected chi connectivity index (χ0v) is 19.3. The van der Waals surface area contributed by atoms with E-state index in [0.717, 1.165) is 16.8 Å². The van der Waals surface area contributed by atoms with Crippen LogP contribution < -0.4 is 11.1 Å². The number of hydrogen-bond acceptors (Lipinski definition) is 3. The van der Waals surface area contributed by atoms with Gasteiger partial charge in [0.2, 0.25) is 0 Å². The molecule has 0 fully saturated rings. The van der Waals surface area contributed by atoms with E-state index in [1.165, 1.54) is 5.56 Å². The molecule has 0 saturated heterocycles. The molecule has 0 saturated carbocycles. The summed E-state index contributed by atoms with van der Waals surface area (Å²) < 4.78 is 10.9. The first kappa shape index (κ1) is 24.4. The van der Waals surface area contributed by atoms with E-state index in [0.29, 0.717) is 44.8 Å². The highest BCUT2D eigenvalue weighted by atomic mass is 127. The molecular formula is C22H32IN3O2. The third-order valence-corrected chi connectivity index (χ3v) is 4.09. The molecule has 2 aromatic rings. The molecular weight excluding hydrogens is 465 g/mol. The summed E-state index contributed by atoms with van der Waals surface area (Å²) in [6, 6.07) is 16.4. The Morgan fingerprint density at radius 3 is 2.50 bits per heavy atom.